The fraction of sp³-hybridized carbons (Fsp3) is 0.739. The van der Waals surface area contributed by atoms with Gasteiger partial charge in [-0.05, 0) is 48.0 Å². The van der Waals surface area contributed by atoms with E-state index in [1.165, 1.54) is 24.8 Å². The van der Waals surface area contributed by atoms with Gasteiger partial charge in [-0.25, -0.2) is 0 Å². The zero-order valence-electron chi connectivity index (χ0n) is 17.2. The maximum Gasteiger partial charge on any atom is 0.0689 e. The van der Waals surface area contributed by atoms with Crippen molar-refractivity contribution in [3.05, 3.63) is 35.9 Å². The molecule has 2 fully saturated rings. The van der Waals surface area contributed by atoms with E-state index in [2.05, 4.69) is 37.8 Å². The molecule has 3 rings (SSSR count). The van der Waals surface area contributed by atoms with Crippen molar-refractivity contribution in [2.24, 2.45) is 16.7 Å². The van der Waals surface area contributed by atoms with Gasteiger partial charge < -0.3 is 14.9 Å². The van der Waals surface area contributed by atoms with Crippen LogP contribution in [0.5, 0.6) is 0 Å². The molecule has 4 heteroatoms. The van der Waals surface area contributed by atoms with Gasteiger partial charge in [0.25, 0.3) is 0 Å². The van der Waals surface area contributed by atoms with Crippen molar-refractivity contribution < 1.29 is 14.9 Å². The molecule has 4 nitrogen and oxygen atoms in total. The highest BCUT2D eigenvalue weighted by atomic mass is 16.5. The molecular formula is C23H37NO3. The molecule has 0 aromatic heterocycles. The number of rotatable bonds is 10. The Morgan fingerprint density at radius 2 is 1.96 bits per heavy atom. The summed E-state index contributed by atoms with van der Waals surface area (Å²) in [5.41, 5.74) is 1.84. The first-order valence-electron chi connectivity index (χ1n) is 10.5. The minimum Gasteiger partial charge on any atom is -0.395 e. The van der Waals surface area contributed by atoms with Gasteiger partial charge in [-0.1, -0.05) is 51.1 Å². The van der Waals surface area contributed by atoms with Crippen LogP contribution in [-0.4, -0.2) is 53.6 Å². The molecule has 0 spiro atoms. The van der Waals surface area contributed by atoms with Crippen molar-refractivity contribution in [2.75, 3.05) is 26.3 Å². The number of hydrogen-bond acceptors (Lipinski definition) is 4. The Kier molecular flexibility index (Phi) is 6.62. The highest BCUT2D eigenvalue weighted by Gasteiger charge is 2.61. The second kappa shape index (κ2) is 8.60. The van der Waals surface area contributed by atoms with Crippen LogP contribution >= 0.6 is 0 Å². The van der Waals surface area contributed by atoms with Crippen molar-refractivity contribution >= 4 is 0 Å². The van der Waals surface area contributed by atoms with Crippen molar-refractivity contribution in [3.63, 3.8) is 0 Å². The standard InChI is InChI=1S/C23H37NO3/c1-22(2)19-9-11-23(22,3)21(15-19)27-14-10-20(26)17-24(12-13-25)16-18-7-5-4-6-8-18/h4-8,19-21,25-26H,9-17H2,1-3H3/t19-,20+,21-,23-/m0/s1. The number of hydrogen-bond donors (Lipinski definition) is 2. The summed E-state index contributed by atoms with van der Waals surface area (Å²) in [6.45, 7) is 9.80. The van der Waals surface area contributed by atoms with Gasteiger partial charge in [0.1, 0.15) is 0 Å². The second-order valence-electron chi connectivity index (χ2n) is 9.36. The van der Waals surface area contributed by atoms with Gasteiger partial charge in [0.2, 0.25) is 0 Å². The minimum absolute atomic E-state index is 0.104. The molecule has 0 amide bonds. The lowest BCUT2D eigenvalue weighted by Crippen LogP contribution is -2.38. The minimum atomic E-state index is -0.431. The first-order chi connectivity index (χ1) is 12.9. The van der Waals surface area contributed by atoms with E-state index < -0.39 is 6.10 Å². The lowest BCUT2D eigenvalue weighted by Gasteiger charge is -2.39. The second-order valence-corrected chi connectivity index (χ2v) is 9.36. The maximum absolute atomic E-state index is 10.5. The molecule has 27 heavy (non-hydrogen) atoms. The van der Waals surface area contributed by atoms with Crippen LogP contribution in [0.15, 0.2) is 30.3 Å². The van der Waals surface area contributed by atoms with Gasteiger partial charge >= 0.3 is 0 Å². The average Bonchev–Trinajstić information content (AvgIpc) is 2.96. The third kappa shape index (κ3) is 4.40. The molecule has 2 aliphatic carbocycles. The number of fused-ring (bicyclic) bond motifs is 2. The monoisotopic (exact) mass is 375 g/mol. The molecule has 4 atom stereocenters. The normalized spacial score (nSPS) is 30.1. The van der Waals surface area contributed by atoms with E-state index in [4.69, 9.17) is 4.74 Å². The Balaban J connectivity index is 1.44. The molecule has 2 N–H and O–H groups in total. The Hall–Kier alpha value is -0.940. The number of aliphatic hydroxyl groups excluding tert-OH is 2. The van der Waals surface area contributed by atoms with Crippen molar-refractivity contribution in [3.8, 4) is 0 Å². The molecule has 0 unspecified atom stereocenters. The summed E-state index contributed by atoms with van der Waals surface area (Å²) in [5.74, 6) is 0.781. The number of ether oxygens (including phenoxy) is 1. The topological polar surface area (TPSA) is 52.9 Å². The molecule has 0 heterocycles. The van der Waals surface area contributed by atoms with Crippen LogP contribution < -0.4 is 0 Å². The fourth-order valence-corrected chi connectivity index (χ4v) is 5.34. The summed E-state index contributed by atoms with van der Waals surface area (Å²) in [5, 5.41) is 19.8. The van der Waals surface area contributed by atoms with Gasteiger partial charge in [-0.15, -0.1) is 0 Å². The van der Waals surface area contributed by atoms with E-state index in [1.54, 1.807) is 0 Å². The van der Waals surface area contributed by atoms with Crippen LogP contribution in [0.1, 0.15) is 52.0 Å². The number of nitrogens with zero attached hydrogens (tertiary/aromatic N) is 1. The van der Waals surface area contributed by atoms with Crippen LogP contribution in [-0.2, 0) is 11.3 Å². The largest absolute Gasteiger partial charge is 0.395 e. The molecule has 1 aromatic rings. The smallest absolute Gasteiger partial charge is 0.0689 e. The summed E-state index contributed by atoms with van der Waals surface area (Å²) in [6.07, 6.45) is 4.32. The molecule has 2 aliphatic rings. The Morgan fingerprint density at radius 1 is 1.22 bits per heavy atom. The predicted molar refractivity (Wildman–Crippen MR) is 108 cm³/mol. The lowest BCUT2D eigenvalue weighted by atomic mass is 9.70. The average molecular weight is 376 g/mol. The number of benzene rings is 1. The molecule has 2 bridgehead atoms. The summed E-state index contributed by atoms with van der Waals surface area (Å²) in [6, 6.07) is 10.2. The van der Waals surface area contributed by atoms with Crippen LogP contribution in [0.4, 0.5) is 0 Å². The van der Waals surface area contributed by atoms with Crippen LogP contribution in [0.2, 0.25) is 0 Å². The highest BCUT2D eigenvalue weighted by molar-refractivity contribution is 5.14. The van der Waals surface area contributed by atoms with Gasteiger partial charge in [-0.2, -0.15) is 0 Å². The Morgan fingerprint density at radius 3 is 2.56 bits per heavy atom. The zero-order valence-corrected chi connectivity index (χ0v) is 17.2. The SMILES string of the molecule is CC1(C)[C@H]2CC[C@@]1(C)[C@@H](OCC[C@@H](O)CN(CCO)Cc1ccccc1)C2. The van der Waals surface area contributed by atoms with Crippen LogP contribution in [0.25, 0.3) is 0 Å². The number of aliphatic hydroxyl groups is 2. The Bertz CT molecular complexity index is 591. The van der Waals surface area contributed by atoms with Gasteiger partial charge in [-0.3, -0.25) is 4.90 Å². The molecule has 0 radical (unpaired) electrons. The molecule has 0 aliphatic heterocycles. The van der Waals surface area contributed by atoms with E-state index in [0.717, 1.165) is 12.5 Å². The van der Waals surface area contributed by atoms with Crippen LogP contribution in [0.3, 0.4) is 0 Å². The maximum atomic E-state index is 10.5. The van der Waals surface area contributed by atoms with Crippen molar-refractivity contribution in [2.45, 2.75) is 65.2 Å². The fourth-order valence-electron chi connectivity index (χ4n) is 5.34. The van der Waals surface area contributed by atoms with E-state index in [9.17, 15) is 10.2 Å². The quantitative estimate of drug-likeness (QED) is 0.658. The molecular weight excluding hydrogens is 338 g/mol. The Labute approximate surface area is 164 Å². The van der Waals surface area contributed by atoms with Crippen molar-refractivity contribution in [1.29, 1.82) is 0 Å². The summed E-state index contributed by atoms with van der Waals surface area (Å²) in [7, 11) is 0. The summed E-state index contributed by atoms with van der Waals surface area (Å²) < 4.78 is 6.28. The van der Waals surface area contributed by atoms with E-state index in [1.807, 2.05) is 18.2 Å². The van der Waals surface area contributed by atoms with Gasteiger partial charge in [0.05, 0.1) is 18.8 Å². The highest BCUT2D eigenvalue weighted by Crippen LogP contribution is 2.66. The predicted octanol–water partition coefficient (Wildman–Crippen LogP) is 3.46. The molecule has 0 saturated heterocycles. The van der Waals surface area contributed by atoms with E-state index in [-0.39, 0.29) is 12.0 Å². The van der Waals surface area contributed by atoms with Gasteiger partial charge in [0, 0.05) is 26.2 Å². The summed E-state index contributed by atoms with van der Waals surface area (Å²) >= 11 is 0. The summed E-state index contributed by atoms with van der Waals surface area (Å²) in [4.78, 5) is 2.11. The third-order valence-corrected chi connectivity index (χ3v) is 7.62. The molecule has 152 valence electrons. The molecule has 2 saturated carbocycles. The van der Waals surface area contributed by atoms with Crippen molar-refractivity contribution in [1.82, 2.24) is 4.90 Å². The lowest BCUT2D eigenvalue weighted by molar-refractivity contribution is -0.0566. The first-order valence-corrected chi connectivity index (χ1v) is 10.5. The van der Waals surface area contributed by atoms with E-state index >= 15 is 0 Å². The van der Waals surface area contributed by atoms with Gasteiger partial charge in [0.15, 0.2) is 0 Å². The van der Waals surface area contributed by atoms with Crippen LogP contribution in [0, 0.1) is 16.7 Å². The van der Waals surface area contributed by atoms with E-state index in [0.29, 0.717) is 37.6 Å². The third-order valence-electron chi connectivity index (χ3n) is 7.62. The zero-order chi connectivity index (χ0) is 19.5. The first kappa shape index (κ1) is 20.8. The molecule has 1 aromatic carbocycles.